The minimum absolute atomic E-state index is 0. The molecule has 0 nitrogen and oxygen atoms in total. The van der Waals surface area contributed by atoms with Crippen molar-refractivity contribution in [2.75, 3.05) is 0 Å². The molecule has 0 radical (unpaired) electrons. The van der Waals surface area contributed by atoms with Crippen LogP contribution in [0.25, 0.3) is 0 Å². The molecule has 2 heteroatoms. The molecule has 0 fully saturated rings. The second kappa shape index (κ2) is 9.90. The molecule has 1 rings (SSSR count). The van der Waals surface area contributed by atoms with Crippen LogP contribution in [-0.4, -0.2) is 0 Å². The van der Waals surface area contributed by atoms with Crippen LogP contribution in [-0.2, 0) is 21.1 Å². The topological polar surface area (TPSA) is 0 Å². The number of rotatable bonds is 0. The van der Waals surface area contributed by atoms with Gasteiger partial charge in [-0.15, -0.1) is 24.0 Å². The summed E-state index contributed by atoms with van der Waals surface area (Å²) in [5.41, 5.74) is 0. The van der Waals surface area contributed by atoms with Crippen LogP contribution >= 0.6 is 24.0 Å². The quantitative estimate of drug-likeness (QED) is 0.517. The van der Waals surface area contributed by atoms with E-state index in [1.165, 1.54) is 25.7 Å². The molecule has 0 bridgehead atoms. The Morgan fingerprint density at radius 1 is 0.800 bits per heavy atom. The fourth-order valence-corrected chi connectivity index (χ4v) is 0.874. The van der Waals surface area contributed by atoms with Gasteiger partial charge >= 0.3 is 0 Å². The third kappa shape index (κ3) is 7.01. The van der Waals surface area contributed by atoms with E-state index in [4.69, 9.17) is 0 Å². The zero-order valence-corrected chi connectivity index (χ0v) is 10.5. The van der Waals surface area contributed by atoms with Gasteiger partial charge in [0.2, 0.25) is 0 Å². The molecule has 0 saturated carbocycles. The van der Waals surface area contributed by atoms with E-state index in [-0.39, 0.29) is 45.0 Å². The first-order valence-electron chi connectivity index (χ1n) is 3.32. The maximum absolute atomic E-state index is 2.23. The summed E-state index contributed by atoms with van der Waals surface area (Å²) >= 11 is 0. The van der Waals surface area contributed by atoms with Gasteiger partial charge in [-0.05, 0) is 25.7 Å². The van der Waals surface area contributed by atoms with Crippen molar-refractivity contribution in [3.8, 4) is 0 Å². The smallest absolute Gasteiger partial charge is 0 e. The van der Waals surface area contributed by atoms with Crippen LogP contribution in [0.3, 0.4) is 0 Å². The molecule has 0 heterocycles. The summed E-state index contributed by atoms with van der Waals surface area (Å²) < 4.78 is 0. The average Bonchev–Trinajstić information content (AvgIpc) is 1.62. The third-order valence-electron chi connectivity index (χ3n) is 1.37. The molecule has 0 spiro atoms. The van der Waals surface area contributed by atoms with Crippen molar-refractivity contribution >= 4 is 24.0 Å². The molecule has 0 N–H and O–H groups in total. The molecule has 1 aliphatic rings. The zero-order chi connectivity index (χ0) is 5.66. The van der Waals surface area contributed by atoms with Crippen molar-refractivity contribution < 1.29 is 21.1 Å². The van der Waals surface area contributed by atoms with E-state index in [1.807, 2.05) is 0 Å². The fraction of sp³-hybridized carbons (Fsp3) is 0.500. The number of hydrogen-bond acceptors (Lipinski definition) is 0. The van der Waals surface area contributed by atoms with Crippen LogP contribution in [0, 0.1) is 0 Å². The van der Waals surface area contributed by atoms with E-state index in [0.717, 1.165) is 0 Å². The molecule has 10 heavy (non-hydrogen) atoms. The van der Waals surface area contributed by atoms with E-state index in [1.54, 1.807) is 0 Å². The van der Waals surface area contributed by atoms with Gasteiger partial charge in [0.05, 0.1) is 0 Å². The van der Waals surface area contributed by atoms with E-state index < -0.39 is 0 Å². The maximum Gasteiger partial charge on any atom is 0 e. The number of hydrogen-bond donors (Lipinski definition) is 0. The standard InChI is InChI=1S/C8H12.HI.Pt/c1-2-4-6-8-7-5-3-1;;/h1-4H,5-8H2;1H;/b3-1-,4-2-;;. The largest absolute Gasteiger partial charge is 0.107 e. The van der Waals surface area contributed by atoms with Crippen LogP contribution < -0.4 is 0 Å². The number of halogens is 1. The van der Waals surface area contributed by atoms with E-state index in [9.17, 15) is 0 Å². The van der Waals surface area contributed by atoms with Gasteiger partial charge in [-0.3, -0.25) is 0 Å². The van der Waals surface area contributed by atoms with Crippen LogP contribution in [0.4, 0.5) is 0 Å². The first-order chi connectivity index (χ1) is 4.00. The molecule has 0 atom stereocenters. The van der Waals surface area contributed by atoms with Crippen molar-refractivity contribution in [3.63, 3.8) is 0 Å². The zero-order valence-electron chi connectivity index (χ0n) is 5.86. The second-order valence-corrected chi connectivity index (χ2v) is 2.14. The van der Waals surface area contributed by atoms with Crippen LogP contribution in [0.5, 0.6) is 0 Å². The molecule has 0 amide bonds. The molecule has 62 valence electrons. The Hall–Kier alpha value is 0.898. The maximum atomic E-state index is 2.23. The Kier molecular flexibility index (Phi) is 13.3. The molecule has 0 aromatic carbocycles. The Morgan fingerprint density at radius 3 is 1.60 bits per heavy atom. The fourth-order valence-electron chi connectivity index (χ4n) is 0.874. The van der Waals surface area contributed by atoms with Crippen LogP contribution in [0.2, 0.25) is 0 Å². The predicted octanol–water partition coefficient (Wildman–Crippen LogP) is 3.29. The molecular formula is C8H13IPt. The van der Waals surface area contributed by atoms with E-state index in [2.05, 4.69) is 24.3 Å². The van der Waals surface area contributed by atoms with Gasteiger partial charge in [-0.2, -0.15) is 0 Å². The van der Waals surface area contributed by atoms with Crippen molar-refractivity contribution in [1.29, 1.82) is 0 Å². The Morgan fingerprint density at radius 2 is 1.20 bits per heavy atom. The first-order valence-corrected chi connectivity index (χ1v) is 3.32. The van der Waals surface area contributed by atoms with Crippen LogP contribution in [0.15, 0.2) is 24.3 Å². The first kappa shape index (κ1) is 13.5. The Labute approximate surface area is 94.4 Å². The van der Waals surface area contributed by atoms with E-state index in [0.29, 0.717) is 0 Å². The van der Waals surface area contributed by atoms with Gasteiger partial charge < -0.3 is 0 Å². The van der Waals surface area contributed by atoms with Gasteiger partial charge in [-0.1, -0.05) is 24.3 Å². The van der Waals surface area contributed by atoms with Crippen molar-refractivity contribution in [1.82, 2.24) is 0 Å². The van der Waals surface area contributed by atoms with Crippen molar-refractivity contribution in [2.45, 2.75) is 25.7 Å². The van der Waals surface area contributed by atoms with Gasteiger partial charge in [0, 0.05) is 21.1 Å². The van der Waals surface area contributed by atoms with Crippen LogP contribution in [0.1, 0.15) is 25.7 Å². The molecular weight excluding hydrogens is 418 g/mol. The number of allylic oxidation sites excluding steroid dienone is 4. The summed E-state index contributed by atoms with van der Waals surface area (Å²) in [6.07, 6.45) is 14.0. The monoisotopic (exact) mass is 431 g/mol. The Bertz CT molecular complexity index is 93.8. The summed E-state index contributed by atoms with van der Waals surface area (Å²) in [6, 6.07) is 0. The summed E-state index contributed by atoms with van der Waals surface area (Å²) in [5.74, 6) is 0. The van der Waals surface area contributed by atoms with E-state index >= 15 is 0 Å². The normalized spacial score (nSPS) is 22.4. The third-order valence-corrected chi connectivity index (χ3v) is 1.37. The average molecular weight is 431 g/mol. The summed E-state index contributed by atoms with van der Waals surface area (Å²) in [5, 5.41) is 0. The predicted molar refractivity (Wildman–Crippen MR) is 52.2 cm³/mol. The molecule has 0 aromatic heterocycles. The molecule has 0 aliphatic heterocycles. The summed E-state index contributed by atoms with van der Waals surface area (Å²) in [4.78, 5) is 0. The second-order valence-electron chi connectivity index (χ2n) is 2.14. The van der Waals surface area contributed by atoms with Crippen molar-refractivity contribution in [3.05, 3.63) is 24.3 Å². The summed E-state index contributed by atoms with van der Waals surface area (Å²) in [6.45, 7) is 0. The summed E-state index contributed by atoms with van der Waals surface area (Å²) in [7, 11) is 0. The van der Waals surface area contributed by atoms with Gasteiger partial charge in [0.1, 0.15) is 0 Å². The SMILES string of the molecule is C1=C\CCCC\C=C/1.I.[Pt]. The molecule has 0 aromatic rings. The van der Waals surface area contributed by atoms with Gasteiger partial charge in [0.15, 0.2) is 0 Å². The molecule has 0 unspecified atom stereocenters. The molecule has 1 aliphatic carbocycles. The minimum Gasteiger partial charge on any atom is -0.107 e. The molecule has 0 saturated heterocycles. The minimum atomic E-state index is 0. The Balaban J connectivity index is 0. The van der Waals surface area contributed by atoms with Gasteiger partial charge in [-0.25, -0.2) is 0 Å². The van der Waals surface area contributed by atoms with Gasteiger partial charge in [0.25, 0.3) is 0 Å². The van der Waals surface area contributed by atoms with Crippen molar-refractivity contribution in [2.24, 2.45) is 0 Å².